The molecule has 0 aromatic heterocycles. The van der Waals surface area contributed by atoms with E-state index >= 15 is 0 Å². The molecule has 4 bridgehead atoms. The van der Waals surface area contributed by atoms with Crippen molar-refractivity contribution in [3.8, 4) is 0 Å². The van der Waals surface area contributed by atoms with Gasteiger partial charge in [0.25, 0.3) is 0 Å². The third-order valence-corrected chi connectivity index (χ3v) is 7.80. The van der Waals surface area contributed by atoms with Crippen molar-refractivity contribution in [1.29, 1.82) is 0 Å². The average Bonchev–Trinajstić information content (AvgIpc) is 3.37. The zero-order valence-corrected chi connectivity index (χ0v) is 16.8. The maximum atomic E-state index is 8.06. The summed E-state index contributed by atoms with van der Waals surface area (Å²) in [6.45, 7) is -4.79. The first-order valence-electron chi connectivity index (χ1n) is 11.3. The SMILES string of the molecule is [2H]C([2H])([2H])N1C=CN2[C]1=[Pt]=[C]1N(C=CN1C([2H])([2H])[2H])c1cccc(c1)N(C)c1cccc2c1. The summed E-state index contributed by atoms with van der Waals surface area (Å²) in [5.74, 6) is 0. The molecule has 0 fully saturated rings. The van der Waals surface area contributed by atoms with Crippen molar-refractivity contribution in [3.05, 3.63) is 73.3 Å². The monoisotopic (exact) mass is 544 g/mol. The zero-order chi connectivity index (χ0) is 23.5. The van der Waals surface area contributed by atoms with Gasteiger partial charge in [-0.05, 0) is 0 Å². The third kappa shape index (κ3) is 2.65. The van der Waals surface area contributed by atoms with Crippen LogP contribution in [0.1, 0.15) is 8.22 Å². The van der Waals surface area contributed by atoms with Crippen molar-refractivity contribution >= 4 is 31.0 Å². The van der Waals surface area contributed by atoms with Gasteiger partial charge in [-0.25, -0.2) is 0 Å². The first kappa shape index (κ1) is 11.3. The molecule has 2 aromatic carbocycles. The number of hydrogen-bond donors (Lipinski definition) is 0. The van der Waals surface area contributed by atoms with Crippen LogP contribution in [0.5, 0.6) is 0 Å². The number of nitrogens with zero attached hydrogens (tertiary/aromatic N) is 5. The first-order chi connectivity index (χ1) is 15.5. The molecule has 3 aliphatic heterocycles. The molecule has 0 aliphatic carbocycles. The van der Waals surface area contributed by atoms with Crippen LogP contribution in [0.25, 0.3) is 0 Å². The molecule has 5 nitrogen and oxygen atoms in total. The van der Waals surface area contributed by atoms with Gasteiger partial charge in [-0.1, -0.05) is 0 Å². The van der Waals surface area contributed by atoms with Crippen LogP contribution in [-0.2, 0) is 17.6 Å². The average molecular weight is 545 g/mol. The fraction of sp³-hybridized carbons (Fsp3) is 0.143. The number of fused-ring (bicyclic) bond motifs is 8. The molecule has 0 unspecified atom stereocenters. The molecular weight excluding hydrogens is 517 g/mol. The number of anilines is 4. The molecule has 3 heterocycles. The Morgan fingerprint density at radius 2 is 1.19 bits per heavy atom. The Morgan fingerprint density at radius 1 is 0.704 bits per heavy atom. The minimum atomic E-state index is -2.39. The molecule has 5 rings (SSSR count). The van der Waals surface area contributed by atoms with Gasteiger partial charge in [0.1, 0.15) is 0 Å². The Bertz CT molecular complexity index is 1150. The molecule has 0 atom stereocenters. The van der Waals surface area contributed by atoms with E-state index in [4.69, 9.17) is 8.22 Å². The quantitative estimate of drug-likeness (QED) is 0.505. The molecule has 27 heavy (non-hydrogen) atoms. The van der Waals surface area contributed by atoms with Crippen LogP contribution in [-0.4, -0.2) is 39.1 Å². The summed E-state index contributed by atoms with van der Waals surface area (Å²) in [4.78, 5) is 8.32. The van der Waals surface area contributed by atoms with Crippen molar-refractivity contribution in [2.24, 2.45) is 0 Å². The van der Waals surface area contributed by atoms with Gasteiger partial charge in [-0.2, -0.15) is 0 Å². The van der Waals surface area contributed by atoms with Gasteiger partial charge in [-0.15, -0.1) is 0 Å². The van der Waals surface area contributed by atoms with E-state index in [0.717, 1.165) is 22.7 Å². The van der Waals surface area contributed by atoms with Gasteiger partial charge in [0.2, 0.25) is 0 Å². The molecule has 2 aromatic rings. The van der Waals surface area contributed by atoms with E-state index in [2.05, 4.69) is 0 Å². The van der Waals surface area contributed by atoms with E-state index in [9.17, 15) is 0 Å². The second-order valence-electron chi connectivity index (χ2n) is 6.24. The molecule has 3 aliphatic rings. The zero-order valence-electron chi connectivity index (χ0n) is 20.5. The Balaban J connectivity index is 1.84. The van der Waals surface area contributed by atoms with E-state index in [1.165, 1.54) is 9.80 Å². The van der Waals surface area contributed by atoms with Crippen molar-refractivity contribution in [3.63, 3.8) is 0 Å². The maximum absolute atomic E-state index is 8.06. The van der Waals surface area contributed by atoms with Crippen molar-refractivity contribution < 1.29 is 25.9 Å². The first-order valence-corrected chi connectivity index (χ1v) is 10.6. The summed E-state index contributed by atoms with van der Waals surface area (Å²) < 4.78 is 49.5. The second kappa shape index (κ2) is 6.21. The Kier molecular flexibility index (Phi) is 2.59. The molecule has 0 saturated heterocycles. The van der Waals surface area contributed by atoms with Gasteiger partial charge in [0, 0.05) is 0 Å². The summed E-state index contributed by atoms with van der Waals surface area (Å²) in [5, 5.41) is 0. The molecule has 0 amide bonds. The van der Waals surface area contributed by atoms with Crippen molar-refractivity contribution in [2.75, 3.05) is 35.7 Å². The van der Waals surface area contributed by atoms with Gasteiger partial charge in [0.05, 0.1) is 0 Å². The van der Waals surface area contributed by atoms with Crippen LogP contribution in [0, 0.1) is 0 Å². The topological polar surface area (TPSA) is 16.2 Å². The van der Waals surface area contributed by atoms with E-state index in [1.807, 2.05) is 70.3 Å². The van der Waals surface area contributed by atoms with Crippen LogP contribution in [0.3, 0.4) is 0 Å². The van der Waals surface area contributed by atoms with Gasteiger partial charge in [0.15, 0.2) is 0 Å². The normalized spacial score (nSPS) is 22.5. The summed E-state index contributed by atoms with van der Waals surface area (Å²) in [6, 6.07) is 15.7. The van der Waals surface area contributed by atoms with Gasteiger partial charge in [-0.3, -0.25) is 0 Å². The van der Waals surface area contributed by atoms with Crippen LogP contribution in [0.2, 0.25) is 0 Å². The molecule has 0 N–H and O–H groups in total. The fourth-order valence-corrected chi connectivity index (χ4v) is 5.98. The Labute approximate surface area is 176 Å². The van der Waals surface area contributed by atoms with Gasteiger partial charge >= 0.3 is 176 Å². The predicted octanol–water partition coefficient (Wildman–Crippen LogP) is 3.17. The van der Waals surface area contributed by atoms with Crippen LogP contribution in [0.15, 0.2) is 73.3 Å². The summed E-state index contributed by atoms with van der Waals surface area (Å²) in [7, 11) is 1.97. The van der Waals surface area contributed by atoms with Crippen LogP contribution in [0.4, 0.5) is 22.7 Å². The van der Waals surface area contributed by atoms with Crippen molar-refractivity contribution in [1.82, 2.24) is 9.80 Å². The summed E-state index contributed by atoms with van der Waals surface area (Å²) in [5.41, 5.74) is 3.53. The van der Waals surface area contributed by atoms with E-state index in [1.54, 1.807) is 24.8 Å². The van der Waals surface area contributed by atoms with E-state index in [0.29, 0.717) is 8.29 Å². The molecule has 0 saturated carbocycles. The Hall–Kier alpha value is -2.65. The van der Waals surface area contributed by atoms with E-state index in [-0.39, 0.29) is 0 Å². The molecule has 0 radical (unpaired) electrons. The molecule has 0 spiro atoms. The van der Waals surface area contributed by atoms with Gasteiger partial charge < -0.3 is 0 Å². The molecular formula is C21H21N5Pt. The Morgan fingerprint density at radius 3 is 1.67 bits per heavy atom. The van der Waals surface area contributed by atoms with Crippen LogP contribution < -0.4 is 14.7 Å². The molecule has 6 heteroatoms. The fourth-order valence-electron chi connectivity index (χ4n) is 3.16. The predicted molar refractivity (Wildman–Crippen MR) is 110 cm³/mol. The number of hydrogen-bond acceptors (Lipinski definition) is 5. The summed E-state index contributed by atoms with van der Waals surface area (Å²) >= 11 is -1.26. The third-order valence-electron chi connectivity index (χ3n) is 4.60. The van der Waals surface area contributed by atoms with Crippen LogP contribution >= 0.6 is 0 Å². The minimum absolute atomic E-state index is 0.560. The molecule has 140 valence electrons. The summed E-state index contributed by atoms with van der Waals surface area (Å²) in [6.07, 6.45) is 6.56. The number of rotatable bonds is 0. The van der Waals surface area contributed by atoms with E-state index < -0.39 is 31.6 Å². The van der Waals surface area contributed by atoms with Crippen molar-refractivity contribution in [2.45, 2.75) is 0 Å². The second-order valence-corrected chi connectivity index (χ2v) is 8.84. The number of benzene rings is 2. The standard InChI is InChI=1S/C21H21N5.Pt/c1-22-10-12-25(16-22)20-8-4-6-18(14-20)24(3)19-7-5-9-21(15-19)26-13-11-23(2)17-26;/h4-15H,1-3H3;/i1D3,2D3;.